The monoisotopic (exact) mass is 268 g/mol. The zero-order chi connectivity index (χ0) is 14.5. The van der Waals surface area contributed by atoms with E-state index in [1.807, 2.05) is 0 Å². The average Bonchev–Trinajstić information content (AvgIpc) is 2.97. The van der Waals surface area contributed by atoms with Crippen molar-refractivity contribution in [3.05, 3.63) is 11.6 Å². The van der Waals surface area contributed by atoms with E-state index in [9.17, 15) is 9.59 Å². The highest BCUT2D eigenvalue weighted by Crippen LogP contribution is 2.43. The van der Waals surface area contributed by atoms with Crippen molar-refractivity contribution in [2.45, 2.75) is 64.6 Å². The third-order valence-corrected chi connectivity index (χ3v) is 3.48. The summed E-state index contributed by atoms with van der Waals surface area (Å²) < 4.78 is 10.1. The Labute approximate surface area is 115 Å². The number of methoxy groups -OCH3 is 1. The van der Waals surface area contributed by atoms with Gasteiger partial charge in [-0.1, -0.05) is 11.6 Å². The van der Waals surface area contributed by atoms with Crippen molar-refractivity contribution in [2.24, 2.45) is 0 Å². The first-order valence-corrected chi connectivity index (χ1v) is 6.77. The van der Waals surface area contributed by atoms with Crippen LogP contribution in [0.5, 0.6) is 0 Å². The SMILES string of the molecule is COC(=O)CC(=O)CC[C@@H]1O[C@@]1(C)CCC=C(C)C. The Bertz CT molecular complexity index is 368. The molecule has 1 aliphatic heterocycles. The number of ether oxygens (including phenoxy) is 2. The number of carbonyl (C=O) groups is 2. The van der Waals surface area contributed by atoms with Crippen LogP contribution in [0.1, 0.15) is 52.9 Å². The largest absolute Gasteiger partial charge is 0.469 e. The first-order chi connectivity index (χ1) is 8.87. The lowest BCUT2D eigenvalue weighted by Gasteiger charge is -2.04. The summed E-state index contributed by atoms with van der Waals surface area (Å²) in [5.74, 6) is -0.540. The van der Waals surface area contributed by atoms with E-state index in [0.717, 1.165) is 12.8 Å². The van der Waals surface area contributed by atoms with Crippen LogP contribution in [0.25, 0.3) is 0 Å². The smallest absolute Gasteiger partial charge is 0.313 e. The van der Waals surface area contributed by atoms with E-state index in [4.69, 9.17) is 4.74 Å². The molecule has 4 nitrogen and oxygen atoms in total. The van der Waals surface area contributed by atoms with Gasteiger partial charge in [0.05, 0.1) is 18.8 Å². The molecule has 1 heterocycles. The second-order valence-electron chi connectivity index (χ2n) is 5.57. The molecule has 1 aliphatic rings. The maximum Gasteiger partial charge on any atom is 0.313 e. The Hall–Kier alpha value is -1.16. The number of ketones is 1. The summed E-state index contributed by atoms with van der Waals surface area (Å²) in [4.78, 5) is 22.4. The molecular weight excluding hydrogens is 244 g/mol. The Morgan fingerprint density at radius 2 is 2.05 bits per heavy atom. The van der Waals surface area contributed by atoms with Gasteiger partial charge >= 0.3 is 5.97 Å². The fourth-order valence-corrected chi connectivity index (χ4v) is 2.14. The minimum Gasteiger partial charge on any atom is -0.469 e. The van der Waals surface area contributed by atoms with Crippen LogP contribution in [0.15, 0.2) is 11.6 Å². The van der Waals surface area contributed by atoms with E-state index in [2.05, 4.69) is 31.6 Å². The average molecular weight is 268 g/mol. The van der Waals surface area contributed by atoms with Gasteiger partial charge in [0.1, 0.15) is 12.2 Å². The molecule has 2 atom stereocenters. The lowest BCUT2D eigenvalue weighted by Crippen LogP contribution is -2.13. The third-order valence-electron chi connectivity index (χ3n) is 3.48. The lowest BCUT2D eigenvalue weighted by molar-refractivity contribution is -0.143. The van der Waals surface area contributed by atoms with Crippen LogP contribution in [0, 0.1) is 0 Å². The molecule has 0 amide bonds. The highest BCUT2D eigenvalue weighted by molar-refractivity contribution is 5.95. The number of epoxide rings is 1. The van der Waals surface area contributed by atoms with Crippen LogP contribution in [0.2, 0.25) is 0 Å². The van der Waals surface area contributed by atoms with Crippen LogP contribution < -0.4 is 0 Å². The van der Waals surface area contributed by atoms with Crippen molar-refractivity contribution < 1.29 is 19.1 Å². The van der Waals surface area contributed by atoms with E-state index in [-0.39, 0.29) is 23.9 Å². The van der Waals surface area contributed by atoms with Gasteiger partial charge in [0.2, 0.25) is 0 Å². The van der Waals surface area contributed by atoms with Gasteiger partial charge in [-0.05, 0) is 40.0 Å². The van der Waals surface area contributed by atoms with Gasteiger partial charge in [-0.3, -0.25) is 9.59 Å². The van der Waals surface area contributed by atoms with E-state index >= 15 is 0 Å². The highest BCUT2D eigenvalue weighted by atomic mass is 16.6. The normalized spacial score (nSPS) is 24.7. The molecule has 0 aromatic heterocycles. The molecule has 0 aliphatic carbocycles. The Morgan fingerprint density at radius 1 is 1.37 bits per heavy atom. The number of allylic oxidation sites excluding steroid dienone is 2. The predicted molar refractivity (Wildman–Crippen MR) is 72.8 cm³/mol. The topological polar surface area (TPSA) is 55.9 Å². The Morgan fingerprint density at radius 3 is 2.63 bits per heavy atom. The van der Waals surface area contributed by atoms with Crippen LogP contribution in [0.3, 0.4) is 0 Å². The van der Waals surface area contributed by atoms with Crippen molar-refractivity contribution in [3.63, 3.8) is 0 Å². The van der Waals surface area contributed by atoms with Gasteiger partial charge in [0.25, 0.3) is 0 Å². The van der Waals surface area contributed by atoms with Crippen LogP contribution in [-0.4, -0.2) is 30.6 Å². The number of hydrogen-bond donors (Lipinski definition) is 0. The van der Waals surface area contributed by atoms with E-state index in [0.29, 0.717) is 12.8 Å². The molecule has 4 heteroatoms. The number of Topliss-reactive ketones (excluding diaryl/α,β-unsaturated/α-hetero) is 1. The van der Waals surface area contributed by atoms with Crippen molar-refractivity contribution in [2.75, 3.05) is 7.11 Å². The maximum absolute atomic E-state index is 11.5. The number of hydrogen-bond acceptors (Lipinski definition) is 4. The molecule has 0 aromatic rings. The molecule has 0 unspecified atom stereocenters. The van der Waals surface area contributed by atoms with Crippen molar-refractivity contribution >= 4 is 11.8 Å². The van der Waals surface area contributed by atoms with Gasteiger partial charge < -0.3 is 9.47 Å². The summed E-state index contributed by atoms with van der Waals surface area (Å²) in [5, 5.41) is 0. The van der Waals surface area contributed by atoms with Crippen molar-refractivity contribution in [1.82, 2.24) is 0 Å². The molecular formula is C15H24O4. The Balaban J connectivity index is 2.21. The third kappa shape index (κ3) is 5.55. The second kappa shape index (κ2) is 6.85. The summed E-state index contributed by atoms with van der Waals surface area (Å²) in [5.41, 5.74) is 1.23. The molecule has 0 aromatic carbocycles. The number of esters is 1. The standard InChI is InChI=1S/C15H24O4/c1-11(2)6-5-9-15(3)13(19-15)8-7-12(16)10-14(17)18-4/h6,13H,5,7-10H2,1-4H3/t13-,15-/m0/s1. The van der Waals surface area contributed by atoms with Gasteiger partial charge in [-0.2, -0.15) is 0 Å². The van der Waals surface area contributed by atoms with E-state index in [1.54, 1.807) is 0 Å². The molecule has 0 N–H and O–H groups in total. The van der Waals surface area contributed by atoms with Gasteiger partial charge in [0.15, 0.2) is 0 Å². The van der Waals surface area contributed by atoms with Crippen LogP contribution in [0.4, 0.5) is 0 Å². The maximum atomic E-state index is 11.5. The second-order valence-corrected chi connectivity index (χ2v) is 5.57. The predicted octanol–water partition coefficient (Wildman–Crippen LogP) is 2.80. The van der Waals surface area contributed by atoms with E-state index in [1.165, 1.54) is 12.7 Å². The molecule has 1 saturated heterocycles. The minimum atomic E-state index is -0.465. The van der Waals surface area contributed by atoms with Crippen molar-refractivity contribution in [3.8, 4) is 0 Å². The molecule has 19 heavy (non-hydrogen) atoms. The molecule has 0 bridgehead atoms. The summed E-state index contributed by atoms with van der Waals surface area (Å²) in [7, 11) is 1.29. The summed E-state index contributed by atoms with van der Waals surface area (Å²) >= 11 is 0. The molecule has 1 rings (SSSR count). The van der Waals surface area contributed by atoms with Crippen LogP contribution >= 0.6 is 0 Å². The summed E-state index contributed by atoms with van der Waals surface area (Å²) in [6.07, 6.45) is 5.29. The number of rotatable bonds is 8. The fourth-order valence-electron chi connectivity index (χ4n) is 2.14. The minimum absolute atomic E-state index is 0.0750. The fraction of sp³-hybridized carbons (Fsp3) is 0.733. The Kier molecular flexibility index (Phi) is 5.73. The summed E-state index contributed by atoms with van der Waals surface area (Å²) in [6.45, 7) is 6.25. The zero-order valence-corrected chi connectivity index (χ0v) is 12.3. The number of carbonyl (C=O) groups excluding carboxylic acids is 2. The quantitative estimate of drug-likeness (QED) is 0.294. The molecule has 1 fully saturated rings. The van der Waals surface area contributed by atoms with Crippen LogP contribution in [-0.2, 0) is 19.1 Å². The summed E-state index contributed by atoms with van der Waals surface area (Å²) in [6, 6.07) is 0. The first-order valence-electron chi connectivity index (χ1n) is 6.77. The van der Waals surface area contributed by atoms with E-state index < -0.39 is 5.97 Å². The van der Waals surface area contributed by atoms with Gasteiger partial charge in [0, 0.05) is 6.42 Å². The molecule has 0 saturated carbocycles. The van der Waals surface area contributed by atoms with Crippen molar-refractivity contribution in [1.29, 1.82) is 0 Å². The zero-order valence-electron chi connectivity index (χ0n) is 12.3. The molecule has 0 spiro atoms. The first kappa shape index (κ1) is 15.9. The highest BCUT2D eigenvalue weighted by Gasteiger charge is 2.50. The lowest BCUT2D eigenvalue weighted by atomic mass is 9.97. The van der Waals surface area contributed by atoms with Gasteiger partial charge in [-0.15, -0.1) is 0 Å². The van der Waals surface area contributed by atoms with Gasteiger partial charge in [-0.25, -0.2) is 0 Å². The molecule has 0 radical (unpaired) electrons. The molecule has 108 valence electrons.